The Morgan fingerprint density at radius 3 is 2.72 bits per heavy atom. The van der Waals surface area contributed by atoms with Crippen molar-refractivity contribution >= 4 is 0 Å². The molecule has 1 aromatic carbocycles. The van der Waals surface area contributed by atoms with Gasteiger partial charge in [-0.05, 0) is 43.0 Å². The normalized spacial score (nSPS) is 10.9. The largest absolute Gasteiger partial charge is 0.491 e. The third-order valence-electron chi connectivity index (χ3n) is 2.70. The van der Waals surface area contributed by atoms with Gasteiger partial charge in [-0.15, -0.1) is 0 Å². The Morgan fingerprint density at radius 1 is 1.33 bits per heavy atom. The Balaban J connectivity index is 2.46. The molecule has 0 amide bonds. The van der Waals surface area contributed by atoms with Gasteiger partial charge in [-0.1, -0.05) is 26.8 Å². The summed E-state index contributed by atoms with van der Waals surface area (Å²) in [7, 11) is 0. The molecule has 0 saturated carbocycles. The Hall–Kier alpha value is -1.09. The lowest BCUT2D eigenvalue weighted by molar-refractivity contribution is 0.276. The number of benzene rings is 1. The summed E-state index contributed by atoms with van der Waals surface area (Å²) in [6.07, 6.45) is 2.03. The molecule has 3 heteroatoms. The van der Waals surface area contributed by atoms with Gasteiger partial charge in [0, 0.05) is 6.54 Å². The van der Waals surface area contributed by atoms with E-state index in [0.29, 0.717) is 24.8 Å². The van der Waals surface area contributed by atoms with E-state index in [-0.39, 0.29) is 5.82 Å². The third kappa shape index (κ3) is 5.50. The van der Waals surface area contributed by atoms with Crippen LogP contribution in [0.25, 0.3) is 0 Å². The second-order valence-corrected chi connectivity index (χ2v) is 4.97. The van der Waals surface area contributed by atoms with Crippen LogP contribution >= 0.6 is 0 Å². The quantitative estimate of drug-likeness (QED) is 0.712. The fraction of sp³-hybridized carbons (Fsp3) is 0.600. The number of ether oxygens (including phenoxy) is 1. The molecule has 0 aliphatic rings. The van der Waals surface area contributed by atoms with Crippen LogP contribution in [-0.2, 0) is 6.54 Å². The maximum absolute atomic E-state index is 13.7. The van der Waals surface area contributed by atoms with Crippen molar-refractivity contribution in [1.29, 1.82) is 0 Å². The first-order chi connectivity index (χ1) is 8.63. The molecule has 0 aromatic heterocycles. The maximum Gasteiger partial charge on any atom is 0.165 e. The van der Waals surface area contributed by atoms with Crippen molar-refractivity contribution in [2.45, 2.75) is 40.2 Å². The summed E-state index contributed by atoms with van der Waals surface area (Å²) in [5, 5.41) is 3.25. The fourth-order valence-corrected chi connectivity index (χ4v) is 1.59. The molecule has 0 bridgehead atoms. The Bertz CT molecular complexity index is 352. The maximum atomic E-state index is 13.7. The number of rotatable bonds is 8. The molecule has 1 rings (SSSR count). The molecule has 0 radical (unpaired) electrons. The minimum Gasteiger partial charge on any atom is -0.491 e. The molecule has 1 aromatic rings. The van der Waals surface area contributed by atoms with E-state index in [1.165, 1.54) is 0 Å². The van der Waals surface area contributed by atoms with Gasteiger partial charge in [0.1, 0.15) is 0 Å². The Labute approximate surface area is 110 Å². The summed E-state index contributed by atoms with van der Waals surface area (Å²) in [6.45, 7) is 8.59. The molecule has 102 valence electrons. The van der Waals surface area contributed by atoms with Crippen LogP contribution in [0.1, 0.15) is 39.2 Å². The van der Waals surface area contributed by atoms with Crippen molar-refractivity contribution in [2.24, 2.45) is 5.92 Å². The lowest BCUT2D eigenvalue weighted by Crippen LogP contribution is -2.14. The van der Waals surface area contributed by atoms with E-state index in [1.54, 1.807) is 12.1 Å². The molecule has 0 saturated heterocycles. The van der Waals surface area contributed by atoms with E-state index in [2.05, 4.69) is 26.1 Å². The molecule has 1 N–H and O–H groups in total. The second-order valence-electron chi connectivity index (χ2n) is 4.97. The van der Waals surface area contributed by atoms with E-state index in [0.717, 1.165) is 24.9 Å². The highest BCUT2D eigenvalue weighted by Crippen LogP contribution is 2.19. The molecule has 0 heterocycles. The molecule has 18 heavy (non-hydrogen) atoms. The Morgan fingerprint density at radius 2 is 2.11 bits per heavy atom. The standard InChI is InChI=1S/C15H24FNO/c1-4-8-17-11-13-5-6-15(14(16)10-13)18-9-7-12(2)3/h5-6,10,12,17H,4,7-9,11H2,1-3H3. The zero-order valence-corrected chi connectivity index (χ0v) is 11.6. The van der Waals surface area contributed by atoms with Crippen molar-refractivity contribution in [2.75, 3.05) is 13.2 Å². The SMILES string of the molecule is CCCNCc1ccc(OCCC(C)C)c(F)c1. The number of hydrogen-bond donors (Lipinski definition) is 1. The first-order valence-corrected chi connectivity index (χ1v) is 6.75. The molecular formula is C15H24FNO. The first-order valence-electron chi connectivity index (χ1n) is 6.75. The number of nitrogens with one attached hydrogen (secondary N) is 1. The molecule has 0 fully saturated rings. The molecule has 0 aliphatic heterocycles. The summed E-state index contributed by atoms with van der Waals surface area (Å²) < 4.78 is 19.2. The van der Waals surface area contributed by atoms with Crippen LogP contribution in [0.4, 0.5) is 4.39 Å². The minimum atomic E-state index is -0.269. The molecule has 0 aliphatic carbocycles. The topological polar surface area (TPSA) is 21.3 Å². The van der Waals surface area contributed by atoms with Gasteiger partial charge in [0.05, 0.1) is 6.61 Å². The minimum absolute atomic E-state index is 0.269. The van der Waals surface area contributed by atoms with E-state index >= 15 is 0 Å². The highest BCUT2D eigenvalue weighted by Gasteiger charge is 2.05. The van der Waals surface area contributed by atoms with Crippen molar-refractivity contribution in [1.82, 2.24) is 5.32 Å². The summed E-state index contributed by atoms with van der Waals surface area (Å²) in [4.78, 5) is 0. The zero-order valence-electron chi connectivity index (χ0n) is 11.6. The lowest BCUT2D eigenvalue weighted by atomic mass is 10.1. The molecule has 0 atom stereocenters. The van der Waals surface area contributed by atoms with Crippen molar-refractivity contribution in [3.63, 3.8) is 0 Å². The van der Waals surface area contributed by atoms with E-state index in [4.69, 9.17) is 4.74 Å². The molecule has 0 spiro atoms. The predicted octanol–water partition coefficient (Wildman–Crippen LogP) is 3.75. The average molecular weight is 253 g/mol. The van der Waals surface area contributed by atoms with Crippen LogP contribution in [-0.4, -0.2) is 13.2 Å². The molecular weight excluding hydrogens is 229 g/mol. The van der Waals surface area contributed by atoms with Gasteiger partial charge in [-0.25, -0.2) is 4.39 Å². The predicted molar refractivity (Wildman–Crippen MR) is 73.3 cm³/mol. The van der Waals surface area contributed by atoms with E-state index in [9.17, 15) is 4.39 Å². The Kier molecular flexibility index (Phi) is 6.73. The van der Waals surface area contributed by atoms with Gasteiger partial charge in [-0.2, -0.15) is 0 Å². The zero-order chi connectivity index (χ0) is 13.4. The highest BCUT2D eigenvalue weighted by atomic mass is 19.1. The summed E-state index contributed by atoms with van der Waals surface area (Å²) in [5.74, 6) is 0.662. The lowest BCUT2D eigenvalue weighted by Gasteiger charge is -2.10. The van der Waals surface area contributed by atoms with Crippen LogP contribution in [0.2, 0.25) is 0 Å². The van der Waals surface area contributed by atoms with Crippen LogP contribution < -0.4 is 10.1 Å². The molecule has 2 nitrogen and oxygen atoms in total. The van der Waals surface area contributed by atoms with E-state index < -0.39 is 0 Å². The highest BCUT2D eigenvalue weighted by molar-refractivity contribution is 5.29. The first kappa shape index (κ1) is 15.0. The second kappa shape index (κ2) is 8.09. The van der Waals surface area contributed by atoms with E-state index in [1.807, 2.05) is 6.07 Å². The van der Waals surface area contributed by atoms with Gasteiger partial charge in [0.2, 0.25) is 0 Å². The summed E-state index contributed by atoms with van der Waals surface area (Å²) in [6, 6.07) is 5.18. The van der Waals surface area contributed by atoms with Crippen LogP contribution in [0.3, 0.4) is 0 Å². The van der Waals surface area contributed by atoms with Gasteiger partial charge in [0.15, 0.2) is 11.6 Å². The average Bonchev–Trinajstić information content (AvgIpc) is 2.32. The monoisotopic (exact) mass is 253 g/mol. The van der Waals surface area contributed by atoms with Gasteiger partial charge >= 0.3 is 0 Å². The molecule has 0 unspecified atom stereocenters. The van der Waals surface area contributed by atoms with Gasteiger partial charge in [0.25, 0.3) is 0 Å². The summed E-state index contributed by atoms with van der Waals surface area (Å²) in [5.41, 5.74) is 0.956. The number of halogens is 1. The van der Waals surface area contributed by atoms with Crippen LogP contribution in [0.5, 0.6) is 5.75 Å². The smallest absolute Gasteiger partial charge is 0.165 e. The van der Waals surface area contributed by atoms with Crippen molar-refractivity contribution in [3.8, 4) is 5.75 Å². The van der Waals surface area contributed by atoms with Crippen molar-refractivity contribution < 1.29 is 9.13 Å². The van der Waals surface area contributed by atoms with Crippen LogP contribution in [0, 0.1) is 11.7 Å². The third-order valence-corrected chi connectivity index (χ3v) is 2.70. The van der Waals surface area contributed by atoms with Gasteiger partial charge in [-0.3, -0.25) is 0 Å². The number of hydrogen-bond acceptors (Lipinski definition) is 2. The fourth-order valence-electron chi connectivity index (χ4n) is 1.59. The van der Waals surface area contributed by atoms with Crippen molar-refractivity contribution in [3.05, 3.63) is 29.6 Å². The van der Waals surface area contributed by atoms with Gasteiger partial charge < -0.3 is 10.1 Å². The van der Waals surface area contributed by atoms with Crippen LogP contribution in [0.15, 0.2) is 18.2 Å². The summed E-state index contributed by atoms with van der Waals surface area (Å²) >= 11 is 0.